The Morgan fingerprint density at radius 1 is 1.00 bits per heavy atom. The Labute approximate surface area is 246 Å². The molecular weight excluding hydrogens is 626 g/mol. The molecule has 0 saturated heterocycles. The molecule has 2 amide bonds. The standard InChI is InChI=1S/C31H28FIN2O5/c1-3-15-40-31(38)24-9-5-8-22(16-24)19-39-20-27(4-2)34-30(37)28(18-21-7-6-10-26(33)17-21)35-29(36)23-11-13-25(32)14-12-23/h2-3,5-14,16-17,27-28H,1,15,18-20H2,(H,34,37)(H,35,36)/t27-,28+/m1/s1. The molecule has 0 fully saturated rings. The highest BCUT2D eigenvalue weighted by Crippen LogP contribution is 2.12. The summed E-state index contributed by atoms with van der Waals surface area (Å²) in [6, 6.07) is 17.6. The van der Waals surface area contributed by atoms with Crippen LogP contribution in [-0.4, -0.2) is 43.1 Å². The minimum atomic E-state index is -0.954. The molecule has 0 unspecified atom stereocenters. The van der Waals surface area contributed by atoms with E-state index in [1.54, 1.807) is 24.3 Å². The molecule has 0 radical (unpaired) electrons. The zero-order valence-electron chi connectivity index (χ0n) is 21.6. The van der Waals surface area contributed by atoms with E-state index in [-0.39, 0.29) is 31.8 Å². The summed E-state index contributed by atoms with van der Waals surface area (Å²) >= 11 is 2.17. The Morgan fingerprint density at radius 2 is 1.73 bits per heavy atom. The van der Waals surface area contributed by atoms with Crippen LogP contribution in [-0.2, 0) is 27.3 Å². The summed E-state index contributed by atoms with van der Waals surface area (Å²) in [6.45, 7) is 3.77. The van der Waals surface area contributed by atoms with Crippen LogP contribution in [0.2, 0.25) is 0 Å². The zero-order chi connectivity index (χ0) is 28.9. The highest BCUT2D eigenvalue weighted by molar-refractivity contribution is 14.1. The van der Waals surface area contributed by atoms with Crippen LogP contribution in [0.3, 0.4) is 0 Å². The van der Waals surface area contributed by atoms with E-state index < -0.39 is 35.7 Å². The van der Waals surface area contributed by atoms with Crippen molar-refractivity contribution >= 4 is 40.4 Å². The molecule has 3 aromatic carbocycles. The van der Waals surface area contributed by atoms with Gasteiger partial charge in [0.05, 0.1) is 18.8 Å². The Bertz CT molecular complexity index is 1390. The van der Waals surface area contributed by atoms with E-state index in [2.05, 4.69) is 45.7 Å². The van der Waals surface area contributed by atoms with Crippen molar-refractivity contribution in [3.8, 4) is 12.3 Å². The van der Waals surface area contributed by atoms with Gasteiger partial charge in [-0.3, -0.25) is 9.59 Å². The van der Waals surface area contributed by atoms with E-state index in [0.717, 1.165) is 14.7 Å². The lowest BCUT2D eigenvalue weighted by molar-refractivity contribution is -0.123. The number of ether oxygens (including phenoxy) is 2. The van der Waals surface area contributed by atoms with Crippen molar-refractivity contribution in [2.45, 2.75) is 25.1 Å². The molecule has 3 aromatic rings. The van der Waals surface area contributed by atoms with Gasteiger partial charge in [0.25, 0.3) is 5.91 Å². The Balaban J connectivity index is 1.64. The number of hydrogen-bond acceptors (Lipinski definition) is 5. The molecule has 0 bridgehead atoms. The number of terminal acetylenes is 1. The first-order valence-corrected chi connectivity index (χ1v) is 13.4. The van der Waals surface area contributed by atoms with Crippen molar-refractivity contribution in [2.24, 2.45) is 0 Å². The molecule has 40 heavy (non-hydrogen) atoms. The molecule has 0 aliphatic rings. The number of carbonyl (C=O) groups excluding carboxylic acids is 3. The second-order valence-corrected chi connectivity index (χ2v) is 9.94. The normalized spacial score (nSPS) is 11.9. The van der Waals surface area contributed by atoms with Crippen molar-refractivity contribution in [3.05, 3.63) is 117 Å². The summed E-state index contributed by atoms with van der Waals surface area (Å²) in [6.07, 6.45) is 7.35. The maximum absolute atomic E-state index is 13.3. The number of halogens is 2. The number of hydrogen-bond donors (Lipinski definition) is 2. The smallest absolute Gasteiger partial charge is 0.338 e. The number of esters is 1. The van der Waals surface area contributed by atoms with Gasteiger partial charge in [0.1, 0.15) is 24.5 Å². The first-order chi connectivity index (χ1) is 19.3. The number of amides is 2. The predicted molar refractivity (Wildman–Crippen MR) is 158 cm³/mol. The monoisotopic (exact) mass is 654 g/mol. The van der Waals surface area contributed by atoms with Gasteiger partial charge >= 0.3 is 5.97 Å². The zero-order valence-corrected chi connectivity index (χ0v) is 23.7. The summed E-state index contributed by atoms with van der Waals surface area (Å²) in [5.41, 5.74) is 2.15. The van der Waals surface area contributed by atoms with Crippen LogP contribution in [0.15, 0.2) is 85.5 Å². The van der Waals surface area contributed by atoms with Crippen molar-refractivity contribution in [1.82, 2.24) is 10.6 Å². The maximum Gasteiger partial charge on any atom is 0.338 e. The lowest BCUT2D eigenvalue weighted by Crippen LogP contribution is -2.51. The van der Waals surface area contributed by atoms with Crippen molar-refractivity contribution in [2.75, 3.05) is 13.2 Å². The number of rotatable bonds is 13. The molecule has 0 saturated carbocycles. The molecule has 206 valence electrons. The van der Waals surface area contributed by atoms with Gasteiger partial charge in [0, 0.05) is 15.6 Å². The minimum Gasteiger partial charge on any atom is -0.458 e. The van der Waals surface area contributed by atoms with E-state index in [0.29, 0.717) is 5.56 Å². The van der Waals surface area contributed by atoms with E-state index in [1.165, 1.54) is 30.3 Å². The largest absolute Gasteiger partial charge is 0.458 e. The lowest BCUT2D eigenvalue weighted by Gasteiger charge is -2.21. The van der Waals surface area contributed by atoms with Crippen LogP contribution in [0, 0.1) is 21.7 Å². The highest BCUT2D eigenvalue weighted by Gasteiger charge is 2.24. The topological polar surface area (TPSA) is 93.7 Å². The van der Waals surface area contributed by atoms with Crippen LogP contribution in [0.4, 0.5) is 4.39 Å². The average molecular weight is 654 g/mol. The van der Waals surface area contributed by atoms with Gasteiger partial charge in [-0.1, -0.05) is 42.8 Å². The molecular formula is C31H28FIN2O5. The molecule has 0 aromatic heterocycles. The fraction of sp³-hybridized carbons (Fsp3) is 0.194. The van der Waals surface area contributed by atoms with E-state index >= 15 is 0 Å². The number of nitrogens with one attached hydrogen (secondary N) is 2. The van der Waals surface area contributed by atoms with Gasteiger partial charge in [-0.25, -0.2) is 9.18 Å². The van der Waals surface area contributed by atoms with E-state index in [4.69, 9.17) is 15.9 Å². The minimum absolute atomic E-state index is 0.00472. The van der Waals surface area contributed by atoms with Crippen molar-refractivity contribution in [3.63, 3.8) is 0 Å². The van der Waals surface area contributed by atoms with Gasteiger partial charge in [-0.05, 0) is 82.2 Å². The first kappa shape index (κ1) is 30.5. The van der Waals surface area contributed by atoms with Gasteiger partial charge in [0.2, 0.25) is 5.91 Å². The summed E-state index contributed by atoms with van der Waals surface area (Å²) in [4.78, 5) is 38.2. The molecule has 9 heteroatoms. The molecule has 0 aliphatic carbocycles. The van der Waals surface area contributed by atoms with Gasteiger partial charge in [-0.2, -0.15) is 0 Å². The summed E-state index contributed by atoms with van der Waals surface area (Å²) < 4.78 is 25.1. The first-order valence-electron chi connectivity index (χ1n) is 12.3. The summed E-state index contributed by atoms with van der Waals surface area (Å²) in [7, 11) is 0. The van der Waals surface area contributed by atoms with Crippen molar-refractivity contribution < 1.29 is 28.2 Å². The quantitative estimate of drug-likeness (QED) is 0.123. The van der Waals surface area contributed by atoms with Gasteiger partial charge in [0.15, 0.2) is 0 Å². The third kappa shape index (κ3) is 9.63. The predicted octanol–water partition coefficient (Wildman–Crippen LogP) is 4.45. The van der Waals surface area contributed by atoms with E-state index in [9.17, 15) is 18.8 Å². The van der Waals surface area contributed by atoms with Crippen LogP contribution in [0.5, 0.6) is 0 Å². The third-order valence-electron chi connectivity index (χ3n) is 5.62. The molecule has 2 N–H and O–H groups in total. The van der Waals surface area contributed by atoms with Crippen molar-refractivity contribution in [1.29, 1.82) is 0 Å². The Hall–Kier alpha value is -4.01. The third-order valence-corrected chi connectivity index (χ3v) is 6.29. The summed E-state index contributed by atoms with van der Waals surface area (Å²) in [5.74, 6) is 0.534. The summed E-state index contributed by atoms with van der Waals surface area (Å²) in [5, 5.41) is 5.47. The molecule has 0 aliphatic heterocycles. The van der Waals surface area contributed by atoms with Crippen LogP contribution < -0.4 is 10.6 Å². The Morgan fingerprint density at radius 3 is 2.42 bits per heavy atom. The average Bonchev–Trinajstić information content (AvgIpc) is 2.95. The second kappa shape index (κ2) is 15.5. The fourth-order valence-corrected chi connectivity index (χ4v) is 4.26. The second-order valence-electron chi connectivity index (χ2n) is 8.70. The van der Waals surface area contributed by atoms with Crippen LogP contribution >= 0.6 is 22.6 Å². The van der Waals surface area contributed by atoms with Crippen LogP contribution in [0.1, 0.15) is 31.8 Å². The van der Waals surface area contributed by atoms with Gasteiger partial charge < -0.3 is 20.1 Å². The van der Waals surface area contributed by atoms with Crippen LogP contribution in [0.25, 0.3) is 0 Å². The van der Waals surface area contributed by atoms with E-state index in [1.807, 2.05) is 24.3 Å². The number of benzene rings is 3. The molecule has 0 heterocycles. The van der Waals surface area contributed by atoms with Gasteiger partial charge in [-0.15, -0.1) is 6.42 Å². The Kier molecular flexibility index (Phi) is 11.9. The fourth-order valence-electron chi connectivity index (χ4n) is 3.66. The molecule has 3 rings (SSSR count). The molecule has 2 atom stereocenters. The molecule has 7 nitrogen and oxygen atoms in total. The maximum atomic E-state index is 13.3. The SMILES string of the molecule is C#C[C@H](COCc1cccc(C(=O)OCC=C)c1)NC(=O)[C@H](Cc1cccc(I)c1)NC(=O)c1ccc(F)cc1. The lowest BCUT2D eigenvalue weighted by atomic mass is 10.0. The number of carbonyl (C=O) groups is 3. The molecule has 0 spiro atoms. The highest BCUT2D eigenvalue weighted by atomic mass is 127.